The largest absolute Gasteiger partial charge is 0.480 e. The molecule has 1 aliphatic rings. The summed E-state index contributed by atoms with van der Waals surface area (Å²) in [5, 5.41) is 8.23. The van der Waals surface area contributed by atoms with Crippen LogP contribution in [0.1, 0.15) is 19.3 Å². The summed E-state index contributed by atoms with van der Waals surface area (Å²) in [5.74, 6) is -2.27. The molecule has 0 spiro atoms. The summed E-state index contributed by atoms with van der Waals surface area (Å²) in [6, 6.07) is 0.991. The summed E-state index contributed by atoms with van der Waals surface area (Å²) in [6.45, 7) is 0.0554. The van der Waals surface area contributed by atoms with Crippen LogP contribution in [0, 0.1) is 5.82 Å². The number of halogens is 3. The van der Waals surface area contributed by atoms with Crippen molar-refractivity contribution in [1.82, 2.24) is 4.31 Å². The van der Waals surface area contributed by atoms with Crippen LogP contribution < -0.4 is 0 Å². The van der Waals surface area contributed by atoms with Crippen LogP contribution in [-0.4, -0.2) is 36.4 Å². The molecule has 0 unspecified atom stereocenters. The van der Waals surface area contributed by atoms with E-state index in [1.807, 2.05) is 0 Å². The molecule has 1 aromatic carbocycles. The van der Waals surface area contributed by atoms with Gasteiger partial charge >= 0.3 is 5.97 Å². The average molecular weight is 356 g/mol. The highest BCUT2D eigenvalue weighted by atomic mass is 35.5. The van der Waals surface area contributed by atoms with Crippen LogP contribution >= 0.6 is 23.2 Å². The van der Waals surface area contributed by atoms with Crippen molar-refractivity contribution < 1.29 is 22.7 Å². The molecule has 0 bridgehead atoms. The molecule has 1 saturated heterocycles. The Kier molecular flexibility index (Phi) is 4.77. The number of piperidine rings is 1. The van der Waals surface area contributed by atoms with Gasteiger partial charge in [-0.15, -0.1) is 0 Å². The van der Waals surface area contributed by atoms with Crippen molar-refractivity contribution in [3.8, 4) is 0 Å². The SMILES string of the molecule is O=C(O)[C@H]1CCCCN1S(=O)(=O)c1ccc(Cl)c(F)c1Cl. The third kappa shape index (κ3) is 3.01. The van der Waals surface area contributed by atoms with Gasteiger partial charge in [0.25, 0.3) is 0 Å². The van der Waals surface area contributed by atoms with Gasteiger partial charge in [0.2, 0.25) is 10.0 Å². The molecule has 1 aliphatic heterocycles. The minimum Gasteiger partial charge on any atom is -0.480 e. The minimum atomic E-state index is -4.20. The normalized spacial score (nSPS) is 20.4. The summed E-state index contributed by atoms with van der Waals surface area (Å²) < 4.78 is 39.6. The van der Waals surface area contributed by atoms with Crippen molar-refractivity contribution in [1.29, 1.82) is 0 Å². The lowest BCUT2D eigenvalue weighted by molar-refractivity contribution is -0.142. The van der Waals surface area contributed by atoms with E-state index < -0.39 is 37.8 Å². The number of nitrogens with zero attached hydrogens (tertiary/aromatic N) is 1. The van der Waals surface area contributed by atoms with Gasteiger partial charge in [-0.2, -0.15) is 4.31 Å². The highest BCUT2D eigenvalue weighted by Gasteiger charge is 2.39. The van der Waals surface area contributed by atoms with Gasteiger partial charge in [0.15, 0.2) is 5.82 Å². The van der Waals surface area contributed by atoms with Crippen molar-refractivity contribution >= 4 is 39.2 Å². The number of carboxylic acid groups (broad SMARTS) is 1. The molecule has 0 saturated carbocycles. The Morgan fingerprint density at radius 1 is 1.33 bits per heavy atom. The molecule has 1 heterocycles. The van der Waals surface area contributed by atoms with Crippen molar-refractivity contribution in [2.45, 2.75) is 30.2 Å². The maximum atomic E-state index is 13.7. The lowest BCUT2D eigenvalue weighted by Gasteiger charge is -2.32. The summed E-state index contributed by atoms with van der Waals surface area (Å²) in [7, 11) is -4.20. The van der Waals surface area contributed by atoms with Crippen LogP contribution in [0.25, 0.3) is 0 Å². The summed E-state index contributed by atoms with van der Waals surface area (Å²) in [4.78, 5) is 10.7. The number of carbonyl (C=O) groups is 1. The zero-order valence-electron chi connectivity index (χ0n) is 10.7. The van der Waals surface area contributed by atoms with Crippen LogP contribution in [0.4, 0.5) is 4.39 Å². The van der Waals surface area contributed by atoms with E-state index in [9.17, 15) is 17.6 Å². The van der Waals surface area contributed by atoms with Gasteiger partial charge in [0.1, 0.15) is 10.9 Å². The van der Waals surface area contributed by atoms with E-state index in [-0.39, 0.29) is 18.0 Å². The third-order valence-electron chi connectivity index (χ3n) is 3.33. The highest BCUT2D eigenvalue weighted by Crippen LogP contribution is 2.33. The van der Waals surface area contributed by atoms with Crippen LogP contribution in [0.5, 0.6) is 0 Å². The van der Waals surface area contributed by atoms with Crippen molar-refractivity contribution in [3.63, 3.8) is 0 Å². The molecule has 0 radical (unpaired) electrons. The second-order valence-electron chi connectivity index (χ2n) is 4.64. The van der Waals surface area contributed by atoms with E-state index in [1.54, 1.807) is 0 Å². The number of rotatable bonds is 3. The van der Waals surface area contributed by atoms with Crippen molar-refractivity contribution in [2.24, 2.45) is 0 Å². The molecule has 2 rings (SSSR count). The summed E-state index contributed by atoms with van der Waals surface area (Å²) >= 11 is 11.3. The standard InChI is InChI=1S/C12H12Cl2FNO4S/c13-7-4-5-9(10(14)11(7)15)21(19,20)16-6-2-1-3-8(16)12(17)18/h4-5,8H,1-3,6H2,(H,17,18)/t8-/m1/s1. The van der Waals surface area contributed by atoms with Crippen molar-refractivity contribution in [3.05, 3.63) is 28.0 Å². The Labute approximate surface area is 131 Å². The quantitative estimate of drug-likeness (QED) is 0.846. The predicted molar refractivity (Wildman–Crippen MR) is 75.6 cm³/mol. The first-order valence-electron chi connectivity index (χ1n) is 6.15. The summed E-state index contributed by atoms with van der Waals surface area (Å²) in [6.07, 6.45) is 1.37. The van der Waals surface area contributed by atoms with Crippen LogP contribution in [-0.2, 0) is 14.8 Å². The zero-order valence-corrected chi connectivity index (χ0v) is 13.1. The maximum Gasteiger partial charge on any atom is 0.322 e. The number of carboxylic acids is 1. The molecular formula is C12H12Cl2FNO4S. The molecule has 9 heteroatoms. The number of benzene rings is 1. The first kappa shape index (κ1) is 16.5. The average Bonchev–Trinajstić information content (AvgIpc) is 2.44. The van der Waals surface area contributed by atoms with Gasteiger partial charge in [-0.05, 0) is 31.4 Å². The molecule has 5 nitrogen and oxygen atoms in total. The second-order valence-corrected chi connectivity index (χ2v) is 7.28. The van der Waals surface area contributed by atoms with E-state index in [1.165, 1.54) is 0 Å². The Balaban J connectivity index is 2.51. The Hall–Kier alpha value is -0.890. The monoisotopic (exact) mass is 355 g/mol. The Morgan fingerprint density at radius 3 is 2.62 bits per heavy atom. The van der Waals surface area contributed by atoms with E-state index in [0.717, 1.165) is 16.4 Å². The maximum absolute atomic E-state index is 13.7. The third-order valence-corrected chi connectivity index (χ3v) is 6.05. The zero-order chi connectivity index (χ0) is 15.8. The van der Waals surface area contributed by atoms with Crippen LogP contribution in [0.2, 0.25) is 10.0 Å². The highest BCUT2D eigenvalue weighted by molar-refractivity contribution is 7.89. The number of sulfonamides is 1. The first-order valence-corrected chi connectivity index (χ1v) is 8.34. The lowest BCUT2D eigenvalue weighted by Crippen LogP contribution is -2.47. The Bertz CT molecular complexity index is 680. The molecule has 1 atom stereocenters. The smallest absolute Gasteiger partial charge is 0.322 e. The van der Waals surface area contributed by atoms with Gasteiger partial charge in [-0.1, -0.05) is 23.2 Å². The number of aliphatic carboxylic acids is 1. The second kappa shape index (κ2) is 6.08. The first-order chi connectivity index (χ1) is 9.76. The molecule has 116 valence electrons. The summed E-state index contributed by atoms with van der Waals surface area (Å²) in [5.41, 5.74) is 0. The lowest BCUT2D eigenvalue weighted by atomic mass is 10.1. The molecule has 0 amide bonds. The van der Waals surface area contributed by atoms with Gasteiger partial charge in [-0.3, -0.25) is 4.79 Å². The molecular weight excluding hydrogens is 344 g/mol. The van der Waals surface area contributed by atoms with E-state index in [4.69, 9.17) is 28.3 Å². The van der Waals surface area contributed by atoms with Crippen molar-refractivity contribution in [2.75, 3.05) is 6.54 Å². The number of hydrogen-bond donors (Lipinski definition) is 1. The molecule has 1 fully saturated rings. The number of hydrogen-bond acceptors (Lipinski definition) is 3. The van der Waals surface area contributed by atoms with Crippen LogP contribution in [0.15, 0.2) is 17.0 Å². The fourth-order valence-electron chi connectivity index (χ4n) is 2.27. The van der Waals surface area contributed by atoms with Gasteiger partial charge in [-0.25, -0.2) is 12.8 Å². The van der Waals surface area contributed by atoms with E-state index in [2.05, 4.69) is 0 Å². The Morgan fingerprint density at radius 2 is 2.00 bits per heavy atom. The van der Waals surface area contributed by atoms with Crippen LogP contribution in [0.3, 0.4) is 0 Å². The molecule has 1 N–H and O–H groups in total. The minimum absolute atomic E-state index is 0.0554. The molecule has 0 aromatic heterocycles. The fraction of sp³-hybridized carbons (Fsp3) is 0.417. The topological polar surface area (TPSA) is 74.7 Å². The van der Waals surface area contributed by atoms with E-state index in [0.29, 0.717) is 12.8 Å². The van der Waals surface area contributed by atoms with Gasteiger partial charge in [0.05, 0.1) is 10.0 Å². The van der Waals surface area contributed by atoms with Gasteiger partial charge in [0, 0.05) is 6.54 Å². The fourth-order valence-corrected chi connectivity index (χ4v) is 4.65. The predicted octanol–water partition coefficient (Wildman–Crippen LogP) is 2.76. The van der Waals surface area contributed by atoms with Gasteiger partial charge < -0.3 is 5.11 Å². The molecule has 21 heavy (non-hydrogen) atoms. The molecule has 0 aliphatic carbocycles. The molecule has 1 aromatic rings. The van der Waals surface area contributed by atoms with E-state index >= 15 is 0 Å².